The van der Waals surface area contributed by atoms with Crippen molar-refractivity contribution in [1.82, 2.24) is 5.32 Å². The molecular formula is C13H16N2O4. The Morgan fingerprint density at radius 2 is 2.05 bits per heavy atom. The average molecular weight is 264 g/mol. The Morgan fingerprint density at radius 1 is 1.32 bits per heavy atom. The number of aromatic carboxylic acids is 1. The van der Waals surface area contributed by atoms with Crippen LogP contribution in [-0.2, 0) is 4.79 Å². The van der Waals surface area contributed by atoms with Crippen LogP contribution in [0.15, 0.2) is 18.2 Å². The van der Waals surface area contributed by atoms with E-state index in [-0.39, 0.29) is 29.3 Å². The molecule has 6 nitrogen and oxygen atoms in total. The predicted octanol–water partition coefficient (Wildman–Crippen LogP) is 1.17. The quantitative estimate of drug-likeness (QED) is 0.578. The number of phenols is 1. The van der Waals surface area contributed by atoms with E-state index < -0.39 is 5.97 Å². The summed E-state index contributed by atoms with van der Waals surface area (Å²) in [6, 6.07) is 4.37. The standard InChI is InChI=1S/C13H16N2O4/c16-9-3-4-11(10(7-9)13(18)19)15-12(17)5-6-14-8-1-2-8/h3-4,7-8,14,16H,1-2,5-6H2,(H,15,17)(H,18,19). The predicted molar refractivity (Wildman–Crippen MR) is 69.3 cm³/mol. The highest BCUT2D eigenvalue weighted by molar-refractivity contribution is 6.00. The fourth-order valence-electron chi connectivity index (χ4n) is 1.71. The van der Waals surface area contributed by atoms with Crippen molar-refractivity contribution in [3.05, 3.63) is 23.8 Å². The van der Waals surface area contributed by atoms with Crippen LogP contribution < -0.4 is 10.6 Å². The first kappa shape index (κ1) is 13.4. The van der Waals surface area contributed by atoms with Gasteiger partial charge in [0.2, 0.25) is 5.91 Å². The van der Waals surface area contributed by atoms with Crippen LogP contribution in [0.1, 0.15) is 29.6 Å². The van der Waals surface area contributed by atoms with E-state index in [1.807, 2.05) is 0 Å². The van der Waals surface area contributed by atoms with Crippen molar-refractivity contribution in [2.75, 3.05) is 11.9 Å². The highest BCUT2D eigenvalue weighted by Crippen LogP contribution is 2.21. The molecule has 1 fully saturated rings. The fourth-order valence-corrected chi connectivity index (χ4v) is 1.71. The number of carbonyl (C=O) groups excluding carboxylic acids is 1. The van der Waals surface area contributed by atoms with E-state index in [2.05, 4.69) is 10.6 Å². The third kappa shape index (κ3) is 3.96. The van der Waals surface area contributed by atoms with Crippen molar-refractivity contribution in [2.24, 2.45) is 0 Å². The molecule has 0 saturated heterocycles. The third-order valence-electron chi connectivity index (χ3n) is 2.87. The minimum atomic E-state index is -1.19. The van der Waals surface area contributed by atoms with Crippen LogP contribution in [0.25, 0.3) is 0 Å². The van der Waals surface area contributed by atoms with Crippen molar-refractivity contribution < 1.29 is 19.8 Å². The van der Waals surface area contributed by atoms with Crippen molar-refractivity contribution >= 4 is 17.6 Å². The molecule has 19 heavy (non-hydrogen) atoms. The van der Waals surface area contributed by atoms with E-state index in [0.717, 1.165) is 18.9 Å². The molecule has 0 spiro atoms. The number of hydrogen-bond donors (Lipinski definition) is 4. The number of nitrogens with one attached hydrogen (secondary N) is 2. The van der Waals surface area contributed by atoms with Gasteiger partial charge in [0.25, 0.3) is 0 Å². The lowest BCUT2D eigenvalue weighted by molar-refractivity contribution is -0.116. The zero-order chi connectivity index (χ0) is 13.8. The van der Waals surface area contributed by atoms with Gasteiger partial charge in [-0.2, -0.15) is 0 Å². The highest BCUT2D eigenvalue weighted by Gasteiger charge is 2.20. The molecule has 6 heteroatoms. The monoisotopic (exact) mass is 264 g/mol. The summed E-state index contributed by atoms with van der Waals surface area (Å²) in [6.45, 7) is 0.580. The SMILES string of the molecule is O=C(CCNC1CC1)Nc1ccc(O)cc1C(=O)O. The maximum atomic E-state index is 11.7. The zero-order valence-corrected chi connectivity index (χ0v) is 10.3. The number of carbonyl (C=O) groups is 2. The third-order valence-corrected chi connectivity index (χ3v) is 2.87. The van der Waals surface area contributed by atoms with Crippen LogP contribution in [0.3, 0.4) is 0 Å². The Hall–Kier alpha value is -2.08. The fraction of sp³-hybridized carbons (Fsp3) is 0.385. The minimum absolute atomic E-state index is 0.122. The molecule has 1 aliphatic carbocycles. The smallest absolute Gasteiger partial charge is 0.337 e. The summed E-state index contributed by atoms with van der Waals surface area (Å²) in [6.07, 6.45) is 2.60. The van der Waals surface area contributed by atoms with E-state index in [1.54, 1.807) is 0 Å². The molecular weight excluding hydrogens is 248 g/mol. The van der Waals surface area contributed by atoms with Gasteiger partial charge in [0, 0.05) is 19.0 Å². The molecule has 1 amide bonds. The molecule has 0 aromatic heterocycles. The molecule has 0 bridgehead atoms. The van der Waals surface area contributed by atoms with Crippen molar-refractivity contribution in [1.29, 1.82) is 0 Å². The summed E-state index contributed by atoms with van der Waals surface area (Å²) in [5, 5.41) is 24.0. The molecule has 0 heterocycles. The van der Waals surface area contributed by atoms with E-state index in [0.29, 0.717) is 12.6 Å². The molecule has 4 N–H and O–H groups in total. The van der Waals surface area contributed by atoms with Crippen molar-refractivity contribution in [2.45, 2.75) is 25.3 Å². The largest absolute Gasteiger partial charge is 0.508 e. The van der Waals surface area contributed by atoms with E-state index in [1.165, 1.54) is 12.1 Å². The van der Waals surface area contributed by atoms with E-state index in [4.69, 9.17) is 5.11 Å². The summed E-state index contributed by atoms with van der Waals surface area (Å²) < 4.78 is 0. The molecule has 1 aromatic carbocycles. The molecule has 0 atom stereocenters. The van der Waals surface area contributed by atoms with Gasteiger partial charge in [-0.3, -0.25) is 4.79 Å². The number of anilines is 1. The maximum absolute atomic E-state index is 11.7. The Balaban J connectivity index is 1.93. The van der Waals surface area contributed by atoms with Gasteiger partial charge in [0.05, 0.1) is 11.3 Å². The molecule has 2 rings (SSSR count). The summed E-state index contributed by atoms with van der Waals surface area (Å²) in [4.78, 5) is 22.7. The number of phenolic OH excluding ortho intramolecular Hbond substituents is 1. The Bertz CT molecular complexity index is 497. The highest BCUT2D eigenvalue weighted by atomic mass is 16.4. The van der Waals surface area contributed by atoms with E-state index in [9.17, 15) is 14.7 Å². The van der Waals surface area contributed by atoms with Gasteiger partial charge >= 0.3 is 5.97 Å². The first-order valence-electron chi connectivity index (χ1n) is 6.16. The first-order valence-corrected chi connectivity index (χ1v) is 6.16. The van der Waals surface area contributed by atoms with Crippen LogP contribution in [0, 0.1) is 0 Å². The Morgan fingerprint density at radius 3 is 2.68 bits per heavy atom. The number of hydrogen-bond acceptors (Lipinski definition) is 4. The molecule has 0 aliphatic heterocycles. The molecule has 1 aromatic rings. The molecule has 0 radical (unpaired) electrons. The number of aromatic hydroxyl groups is 1. The number of benzene rings is 1. The van der Waals surface area contributed by atoms with Gasteiger partial charge in [0.1, 0.15) is 5.75 Å². The lowest BCUT2D eigenvalue weighted by atomic mass is 10.1. The molecule has 0 unspecified atom stereocenters. The van der Waals surface area contributed by atoms with E-state index >= 15 is 0 Å². The number of amides is 1. The topological polar surface area (TPSA) is 98.7 Å². The minimum Gasteiger partial charge on any atom is -0.508 e. The number of carboxylic acid groups (broad SMARTS) is 1. The Kier molecular flexibility index (Phi) is 4.01. The molecule has 1 aliphatic rings. The van der Waals surface area contributed by atoms with Gasteiger partial charge in [0.15, 0.2) is 0 Å². The summed E-state index contributed by atoms with van der Waals surface area (Å²) in [5.41, 5.74) is 0.0743. The molecule has 1 saturated carbocycles. The first-order chi connectivity index (χ1) is 9.06. The average Bonchev–Trinajstić information content (AvgIpc) is 3.15. The van der Waals surface area contributed by atoms with Gasteiger partial charge in [-0.05, 0) is 31.0 Å². The maximum Gasteiger partial charge on any atom is 0.337 e. The van der Waals surface area contributed by atoms with Gasteiger partial charge in [-0.1, -0.05) is 0 Å². The second-order valence-corrected chi connectivity index (χ2v) is 4.56. The summed E-state index contributed by atoms with van der Waals surface area (Å²) >= 11 is 0. The van der Waals surface area contributed by atoms with Crippen molar-refractivity contribution in [3.63, 3.8) is 0 Å². The summed E-state index contributed by atoms with van der Waals surface area (Å²) in [7, 11) is 0. The van der Waals surface area contributed by atoms with Gasteiger partial charge in [-0.15, -0.1) is 0 Å². The van der Waals surface area contributed by atoms with Crippen LogP contribution in [0.5, 0.6) is 5.75 Å². The summed E-state index contributed by atoms with van der Waals surface area (Å²) in [5.74, 6) is -1.59. The lowest BCUT2D eigenvalue weighted by Gasteiger charge is -2.09. The van der Waals surface area contributed by atoms with Crippen LogP contribution in [-0.4, -0.2) is 34.7 Å². The van der Waals surface area contributed by atoms with Crippen LogP contribution in [0.4, 0.5) is 5.69 Å². The van der Waals surface area contributed by atoms with Crippen molar-refractivity contribution in [3.8, 4) is 5.75 Å². The normalized spacial score (nSPS) is 14.1. The Labute approximate surface area is 110 Å². The van der Waals surface area contributed by atoms with Crippen LogP contribution >= 0.6 is 0 Å². The second-order valence-electron chi connectivity index (χ2n) is 4.56. The molecule has 102 valence electrons. The van der Waals surface area contributed by atoms with Crippen LogP contribution in [0.2, 0.25) is 0 Å². The zero-order valence-electron chi connectivity index (χ0n) is 10.3. The number of carboxylic acids is 1. The second kappa shape index (κ2) is 5.71. The van der Waals surface area contributed by atoms with Gasteiger partial charge < -0.3 is 20.8 Å². The lowest BCUT2D eigenvalue weighted by Crippen LogP contribution is -2.23. The van der Waals surface area contributed by atoms with Gasteiger partial charge in [-0.25, -0.2) is 4.79 Å². The number of rotatable bonds is 6.